The molecule has 0 radical (unpaired) electrons. The number of hydrogen-bond acceptors (Lipinski definition) is 4. The van der Waals surface area contributed by atoms with E-state index in [1.807, 2.05) is 48.7 Å². The van der Waals surface area contributed by atoms with Crippen molar-refractivity contribution in [1.82, 2.24) is 9.97 Å². The van der Waals surface area contributed by atoms with Crippen LogP contribution in [0.5, 0.6) is 0 Å². The highest BCUT2D eigenvalue weighted by Gasteiger charge is 2.09. The van der Waals surface area contributed by atoms with Crippen molar-refractivity contribution in [2.75, 3.05) is 10.6 Å². The Labute approximate surface area is 188 Å². The first-order chi connectivity index (χ1) is 15.7. The van der Waals surface area contributed by atoms with E-state index in [4.69, 9.17) is 0 Å². The van der Waals surface area contributed by atoms with Gasteiger partial charge in [0, 0.05) is 47.2 Å². The average Bonchev–Trinajstić information content (AvgIpc) is 2.84. The van der Waals surface area contributed by atoms with Crippen LogP contribution in [-0.4, -0.2) is 21.9 Å². The molecule has 158 valence electrons. The molecule has 2 N–H and O–H groups in total. The second-order valence-corrected chi connectivity index (χ2v) is 7.54. The molecule has 2 aromatic heterocycles. The largest absolute Gasteiger partial charge is 0.377 e. The van der Waals surface area contributed by atoms with Crippen molar-refractivity contribution in [3.8, 4) is 23.0 Å². The summed E-state index contributed by atoms with van der Waals surface area (Å²) in [6.07, 6.45) is 15.8. The first-order valence-corrected chi connectivity index (χ1v) is 10.6. The Morgan fingerprint density at radius 1 is 0.969 bits per heavy atom. The predicted molar refractivity (Wildman–Crippen MR) is 129 cm³/mol. The molecule has 1 amide bonds. The van der Waals surface area contributed by atoms with E-state index in [1.54, 1.807) is 18.6 Å². The maximum atomic E-state index is 12.2. The molecule has 5 nitrogen and oxygen atoms in total. The van der Waals surface area contributed by atoms with Crippen LogP contribution >= 0.6 is 0 Å². The quantitative estimate of drug-likeness (QED) is 0.556. The number of aromatic nitrogens is 2. The summed E-state index contributed by atoms with van der Waals surface area (Å²) < 4.78 is 0. The van der Waals surface area contributed by atoms with E-state index >= 15 is 0 Å². The lowest BCUT2D eigenvalue weighted by Gasteiger charge is -2.18. The molecule has 1 aromatic carbocycles. The number of pyridine rings is 2. The van der Waals surface area contributed by atoms with E-state index in [1.165, 1.54) is 5.57 Å². The fourth-order valence-electron chi connectivity index (χ4n) is 3.44. The number of hydrogen-bond donors (Lipinski definition) is 2. The van der Waals surface area contributed by atoms with Gasteiger partial charge in [-0.1, -0.05) is 42.3 Å². The summed E-state index contributed by atoms with van der Waals surface area (Å²) >= 11 is 0. The summed E-state index contributed by atoms with van der Waals surface area (Å²) in [5.74, 6) is 5.08. The van der Waals surface area contributed by atoms with Gasteiger partial charge in [-0.3, -0.25) is 14.8 Å². The molecular weight excluding hydrogens is 396 g/mol. The molecule has 3 aromatic rings. The van der Waals surface area contributed by atoms with E-state index in [-0.39, 0.29) is 11.9 Å². The first kappa shape index (κ1) is 21.1. The Kier molecular flexibility index (Phi) is 6.74. The number of amides is 1. The minimum atomic E-state index is -0.385. The van der Waals surface area contributed by atoms with Gasteiger partial charge in [-0.15, -0.1) is 0 Å². The van der Waals surface area contributed by atoms with Crippen LogP contribution < -0.4 is 10.6 Å². The van der Waals surface area contributed by atoms with Gasteiger partial charge in [0.1, 0.15) is 0 Å². The average molecular weight is 421 g/mol. The summed E-state index contributed by atoms with van der Waals surface area (Å²) in [7, 11) is 0. The van der Waals surface area contributed by atoms with Crippen LogP contribution in [0.25, 0.3) is 11.1 Å². The minimum absolute atomic E-state index is 0.190. The third kappa shape index (κ3) is 5.71. The Morgan fingerprint density at radius 3 is 2.41 bits per heavy atom. The number of benzene rings is 1. The van der Waals surface area contributed by atoms with Crippen LogP contribution in [0.4, 0.5) is 11.4 Å². The highest BCUT2D eigenvalue weighted by molar-refractivity contribution is 6.04. The fourth-order valence-corrected chi connectivity index (χ4v) is 3.44. The molecule has 5 heteroatoms. The van der Waals surface area contributed by atoms with E-state index < -0.39 is 0 Å². The maximum Gasteiger partial charge on any atom is 0.300 e. The highest BCUT2D eigenvalue weighted by atomic mass is 16.1. The van der Waals surface area contributed by atoms with Crippen molar-refractivity contribution < 1.29 is 4.79 Å². The van der Waals surface area contributed by atoms with Crippen LogP contribution in [0.3, 0.4) is 0 Å². The minimum Gasteiger partial charge on any atom is -0.377 e. The molecule has 0 fully saturated rings. The number of nitrogens with one attached hydrogen (secondary N) is 2. The molecule has 32 heavy (non-hydrogen) atoms. The Morgan fingerprint density at radius 2 is 1.69 bits per heavy atom. The van der Waals surface area contributed by atoms with Gasteiger partial charge >= 0.3 is 5.91 Å². The number of nitrogens with zero attached hydrogens (tertiary/aromatic N) is 2. The zero-order valence-electron chi connectivity index (χ0n) is 17.9. The lowest BCUT2D eigenvalue weighted by Crippen LogP contribution is -2.17. The molecular formula is C27H24N4O. The number of carbonyl (C=O) groups is 1. The monoisotopic (exact) mass is 420 g/mol. The number of allylic oxidation sites excluding steroid dienone is 2. The molecule has 0 bridgehead atoms. The molecule has 4 rings (SSSR count). The van der Waals surface area contributed by atoms with Gasteiger partial charge in [-0.05, 0) is 49.6 Å². The van der Waals surface area contributed by atoms with Crippen LogP contribution in [0.1, 0.15) is 25.3 Å². The number of rotatable bonds is 5. The smallest absolute Gasteiger partial charge is 0.300 e. The zero-order valence-corrected chi connectivity index (χ0v) is 17.9. The van der Waals surface area contributed by atoms with Crippen molar-refractivity contribution in [3.63, 3.8) is 0 Å². The van der Waals surface area contributed by atoms with E-state index in [9.17, 15) is 4.79 Å². The molecule has 0 saturated heterocycles. The Balaban J connectivity index is 1.45. The fraction of sp³-hybridized carbons (Fsp3) is 0.148. The van der Waals surface area contributed by atoms with E-state index in [2.05, 4.69) is 57.6 Å². The van der Waals surface area contributed by atoms with Crippen molar-refractivity contribution >= 4 is 17.3 Å². The van der Waals surface area contributed by atoms with Crippen LogP contribution in [0, 0.1) is 11.8 Å². The van der Waals surface area contributed by atoms with Crippen LogP contribution in [-0.2, 0) is 4.79 Å². The van der Waals surface area contributed by atoms with Crippen LogP contribution in [0.15, 0.2) is 91.1 Å². The molecule has 0 aliphatic heterocycles. The van der Waals surface area contributed by atoms with Gasteiger partial charge in [0.25, 0.3) is 0 Å². The van der Waals surface area contributed by atoms with Gasteiger partial charge < -0.3 is 10.6 Å². The van der Waals surface area contributed by atoms with Gasteiger partial charge in [-0.25, -0.2) is 0 Å². The number of carbonyl (C=O) groups excluding carboxylic acids is 1. The predicted octanol–water partition coefficient (Wildman–Crippen LogP) is 5.21. The summed E-state index contributed by atoms with van der Waals surface area (Å²) in [4.78, 5) is 20.9. The SMILES string of the molecule is C[C@H](Nc1cncc(-c2cncc(NC(=O)C#Cc3ccccc3)c2)c1)C1=CCCC=C1. The second kappa shape index (κ2) is 10.2. The molecule has 0 saturated carbocycles. The van der Waals surface area contributed by atoms with Gasteiger partial charge in [0.05, 0.1) is 17.6 Å². The summed E-state index contributed by atoms with van der Waals surface area (Å²) in [6.45, 7) is 2.14. The molecule has 2 heterocycles. The molecule has 1 aliphatic carbocycles. The van der Waals surface area contributed by atoms with Gasteiger partial charge in [0.2, 0.25) is 0 Å². The van der Waals surface area contributed by atoms with E-state index in [0.717, 1.165) is 35.2 Å². The number of anilines is 2. The van der Waals surface area contributed by atoms with Crippen molar-refractivity contribution in [3.05, 3.63) is 96.6 Å². The van der Waals surface area contributed by atoms with Crippen molar-refractivity contribution in [2.45, 2.75) is 25.8 Å². The van der Waals surface area contributed by atoms with Gasteiger partial charge in [-0.2, -0.15) is 0 Å². The maximum absolute atomic E-state index is 12.2. The Bertz CT molecular complexity index is 1220. The normalized spacial score (nSPS) is 13.3. The van der Waals surface area contributed by atoms with Gasteiger partial charge in [0.15, 0.2) is 0 Å². The standard InChI is InChI=1S/C27H24N4O/c1-20(22-10-6-3-7-11-22)30-25-14-23(16-28-18-25)24-15-26(19-29-17-24)31-27(32)13-12-21-8-4-2-5-9-21/h2,4-6,8-11,14-20,30H,3,7H2,1H3,(H,31,32)/t20-/m0/s1. The topological polar surface area (TPSA) is 66.9 Å². The third-order valence-electron chi connectivity index (χ3n) is 5.07. The second-order valence-electron chi connectivity index (χ2n) is 7.54. The summed E-state index contributed by atoms with van der Waals surface area (Å²) in [5.41, 5.74) is 5.36. The zero-order chi connectivity index (χ0) is 22.2. The van der Waals surface area contributed by atoms with Crippen LogP contribution in [0.2, 0.25) is 0 Å². The third-order valence-corrected chi connectivity index (χ3v) is 5.07. The van der Waals surface area contributed by atoms with E-state index in [0.29, 0.717) is 5.69 Å². The first-order valence-electron chi connectivity index (χ1n) is 10.6. The summed E-state index contributed by atoms with van der Waals surface area (Å²) in [5, 5.41) is 6.30. The molecule has 0 unspecified atom stereocenters. The lowest BCUT2D eigenvalue weighted by atomic mass is 10.0. The Hall–Kier alpha value is -4.17. The summed E-state index contributed by atoms with van der Waals surface area (Å²) in [6, 6.07) is 13.5. The lowest BCUT2D eigenvalue weighted by molar-refractivity contribution is -0.111. The van der Waals surface area contributed by atoms with Crippen molar-refractivity contribution in [1.29, 1.82) is 0 Å². The highest BCUT2D eigenvalue weighted by Crippen LogP contribution is 2.24. The molecule has 1 aliphatic rings. The molecule has 1 atom stereocenters. The van der Waals surface area contributed by atoms with Crippen molar-refractivity contribution in [2.24, 2.45) is 0 Å². The molecule has 0 spiro atoms.